The lowest BCUT2D eigenvalue weighted by atomic mass is 10.1. The topological polar surface area (TPSA) is 67.0 Å². The molecule has 0 radical (unpaired) electrons. The highest BCUT2D eigenvalue weighted by Gasteiger charge is 2.28. The van der Waals surface area contributed by atoms with Crippen LogP contribution >= 0.6 is 0 Å². The fraction of sp³-hybridized carbons (Fsp3) is 0.333. The molecule has 3 aromatic rings. The van der Waals surface area contributed by atoms with E-state index in [0.717, 1.165) is 11.9 Å². The van der Waals surface area contributed by atoms with Gasteiger partial charge in [0.05, 0.1) is 17.9 Å². The predicted octanol–water partition coefficient (Wildman–Crippen LogP) is 4.70. The van der Waals surface area contributed by atoms with Crippen LogP contribution < -0.4 is 10.1 Å². The van der Waals surface area contributed by atoms with Crippen molar-refractivity contribution in [3.05, 3.63) is 60.0 Å². The summed E-state index contributed by atoms with van der Waals surface area (Å²) >= 11 is 0. The van der Waals surface area contributed by atoms with E-state index >= 15 is 0 Å². The Balaban J connectivity index is 1.45. The Morgan fingerprint density at radius 1 is 1.24 bits per heavy atom. The second-order valence-corrected chi connectivity index (χ2v) is 6.82. The minimum Gasteiger partial charge on any atom is -0.483 e. The molecule has 3 rings (SSSR count). The zero-order valence-corrected chi connectivity index (χ0v) is 15.9. The molecule has 0 aliphatic rings. The Morgan fingerprint density at radius 2 is 2.03 bits per heavy atom. The Hall–Kier alpha value is -3.03. The van der Waals surface area contributed by atoms with Crippen LogP contribution in [-0.4, -0.2) is 28.7 Å². The van der Waals surface area contributed by atoms with E-state index in [9.17, 15) is 18.0 Å². The number of nitrogens with zero attached hydrogens (tertiary/aromatic N) is 1. The van der Waals surface area contributed by atoms with E-state index in [1.165, 1.54) is 23.2 Å². The maximum absolute atomic E-state index is 12.2. The summed E-state index contributed by atoms with van der Waals surface area (Å²) in [5, 5.41) is 4.02. The maximum Gasteiger partial charge on any atom is 0.422 e. The molecule has 0 aliphatic carbocycles. The van der Waals surface area contributed by atoms with Crippen molar-refractivity contribution in [3.63, 3.8) is 0 Å². The van der Waals surface area contributed by atoms with Crippen LogP contribution in [0.3, 0.4) is 0 Å². The molecule has 154 valence electrons. The molecule has 0 aliphatic heterocycles. The summed E-state index contributed by atoms with van der Waals surface area (Å²) in [5.41, 5.74) is 2.81. The van der Waals surface area contributed by atoms with Gasteiger partial charge in [-0.3, -0.25) is 9.78 Å². The number of hydrogen-bond donors (Lipinski definition) is 2. The Kier molecular flexibility index (Phi) is 6.41. The summed E-state index contributed by atoms with van der Waals surface area (Å²) in [6.07, 6.45) is 0.662. The summed E-state index contributed by atoms with van der Waals surface area (Å²) in [6, 6.07) is 10.6. The monoisotopic (exact) mass is 405 g/mol. The number of rotatable bonds is 8. The summed E-state index contributed by atoms with van der Waals surface area (Å²) in [7, 11) is 0. The molecular weight excluding hydrogens is 383 g/mol. The average molecular weight is 405 g/mol. The second kappa shape index (κ2) is 8.98. The number of H-pyrrole nitrogens is 1. The van der Waals surface area contributed by atoms with Crippen LogP contribution in [0.1, 0.15) is 37.1 Å². The minimum absolute atomic E-state index is 0.0309. The van der Waals surface area contributed by atoms with Crippen LogP contribution in [0.5, 0.6) is 5.75 Å². The molecule has 1 atom stereocenters. The van der Waals surface area contributed by atoms with Gasteiger partial charge in [-0.1, -0.05) is 18.2 Å². The van der Waals surface area contributed by atoms with Crippen molar-refractivity contribution in [1.29, 1.82) is 0 Å². The third-order valence-corrected chi connectivity index (χ3v) is 4.51. The van der Waals surface area contributed by atoms with Gasteiger partial charge >= 0.3 is 6.18 Å². The van der Waals surface area contributed by atoms with Gasteiger partial charge < -0.3 is 15.0 Å². The smallest absolute Gasteiger partial charge is 0.422 e. The first-order valence-corrected chi connectivity index (χ1v) is 9.32. The number of halogens is 3. The molecule has 8 heteroatoms. The van der Waals surface area contributed by atoms with Crippen molar-refractivity contribution in [2.24, 2.45) is 0 Å². The van der Waals surface area contributed by atoms with E-state index < -0.39 is 12.8 Å². The number of aromatic nitrogens is 2. The van der Waals surface area contributed by atoms with Crippen LogP contribution in [0.15, 0.2) is 48.8 Å². The molecule has 0 saturated carbocycles. The molecular formula is C21H22F3N3O2. The van der Waals surface area contributed by atoms with Gasteiger partial charge in [0.1, 0.15) is 5.75 Å². The molecule has 2 heterocycles. The number of alkyl halides is 3. The van der Waals surface area contributed by atoms with Crippen molar-refractivity contribution in [1.82, 2.24) is 15.3 Å². The van der Waals surface area contributed by atoms with Crippen LogP contribution in [-0.2, 0) is 11.2 Å². The number of nitrogens with one attached hydrogen (secondary N) is 2. The standard InChI is InChI=1S/C21H22F3N3O2/c1-14(18-10-9-16(12-26-18)29-13-21(22,23)24)27-20(28)8-4-5-15-11-25-19-7-3-2-6-17(15)19/h2-3,6-7,9-12,14,25H,4-5,8,13H2,1H3,(H,27,28). The summed E-state index contributed by atoms with van der Waals surface area (Å²) < 4.78 is 41.1. The molecule has 0 spiro atoms. The predicted molar refractivity (Wildman–Crippen MR) is 104 cm³/mol. The molecule has 1 unspecified atom stereocenters. The van der Waals surface area contributed by atoms with Gasteiger partial charge in [0.2, 0.25) is 5.91 Å². The van der Waals surface area contributed by atoms with Gasteiger partial charge in [0.25, 0.3) is 0 Å². The third kappa shape index (κ3) is 5.97. The lowest BCUT2D eigenvalue weighted by molar-refractivity contribution is -0.153. The minimum atomic E-state index is -4.40. The zero-order chi connectivity index (χ0) is 20.9. The van der Waals surface area contributed by atoms with E-state index in [1.54, 1.807) is 13.0 Å². The van der Waals surface area contributed by atoms with Gasteiger partial charge in [-0.05, 0) is 43.5 Å². The fourth-order valence-electron chi connectivity index (χ4n) is 3.06. The van der Waals surface area contributed by atoms with Crippen molar-refractivity contribution in [2.45, 2.75) is 38.4 Å². The summed E-state index contributed by atoms with van der Waals surface area (Å²) in [6.45, 7) is 0.410. The first-order chi connectivity index (χ1) is 13.8. The second-order valence-electron chi connectivity index (χ2n) is 6.82. The first kappa shape index (κ1) is 20.7. The molecule has 2 aromatic heterocycles. The van der Waals surface area contributed by atoms with Crippen molar-refractivity contribution >= 4 is 16.8 Å². The summed E-state index contributed by atoms with van der Waals surface area (Å²) in [5.74, 6) is -0.0696. The van der Waals surface area contributed by atoms with Gasteiger partial charge in [-0.2, -0.15) is 13.2 Å². The summed E-state index contributed by atoms with van der Waals surface area (Å²) in [4.78, 5) is 19.5. The number of amides is 1. The number of para-hydroxylation sites is 1. The molecule has 1 amide bonds. The van der Waals surface area contributed by atoms with Crippen LogP contribution in [0.25, 0.3) is 10.9 Å². The van der Waals surface area contributed by atoms with Gasteiger partial charge in [-0.25, -0.2) is 0 Å². The van der Waals surface area contributed by atoms with Gasteiger partial charge in [0, 0.05) is 23.5 Å². The van der Waals surface area contributed by atoms with Crippen molar-refractivity contribution in [2.75, 3.05) is 6.61 Å². The van der Waals surface area contributed by atoms with E-state index in [4.69, 9.17) is 0 Å². The van der Waals surface area contributed by atoms with E-state index in [0.29, 0.717) is 18.5 Å². The van der Waals surface area contributed by atoms with Crippen LogP contribution in [0.4, 0.5) is 13.2 Å². The quantitative estimate of drug-likeness (QED) is 0.571. The van der Waals surface area contributed by atoms with Gasteiger partial charge in [0.15, 0.2) is 6.61 Å². The number of benzene rings is 1. The Bertz CT molecular complexity index is 952. The molecule has 0 bridgehead atoms. The number of ether oxygens (including phenoxy) is 1. The molecule has 0 fully saturated rings. The number of aryl methyl sites for hydroxylation is 1. The van der Waals surface area contributed by atoms with E-state index in [2.05, 4.69) is 26.1 Å². The molecule has 1 aromatic carbocycles. The fourth-order valence-corrected chi connectivity index (χ4v) is 3.06. The lowest BCUT2D eigenvalue weighted by Gasteiger charge is -2.14. The van der Waals surface area contributed by atoms with E-state index in [1.807, 2.05) is 24.4 Å². The highest BCUT2D eigenvalue weighted by molar-refractivity contribution is 5.83. The van der Waals surface area contributed by atoms with Crippen LogP contribution in [0, 0.1) is 0 Å². The average Bonchev–Trinajstić information content (AvgIpc) is 3.09. The van der Waals surface area contributed by atoms with E-state index in [-0.39, 0.29) is 17.7 Å². The number of pyridine rings is 1. The number of hydrogen-bond acceptors (Lipinski definition) is 3. The highest BCUT2D eigenvalue weighted by atomic mass is 19.4. The maximum atomic E-state index is 12.2. The number of fused-ring (bicyclic) bond motifs is 1. The Labute approximate surface area is 166 Å². The first-order valence-electron chi connectivity index (χ1n) is 9.32. The zero-order valence-electron chi connectivity index (χ0n) is 15.9. The van der Waals surface area contributed by atoms with Crippen molar-refractivity contribution < 1.29 is 22.7 Å². The third-order valence-electron chi connectivity index (χ3n) is 4.51. The lowest BCUT2D eigenvalue weighted by Crippen LogP contribution is -2.27. The molecule has 5 nitrogen and oxygen atoms in total. The number of carbonyl (C=O) groups is 1. The SMILES string of the molecule is CC(NC(=O)CCCc1c[nH]c2ccccc12)c1ccc(OCC(F)(F)F)cn1. The Morgan fingerprint density at radius 3 is 2.76 bits per heavy atom. The normalized spacial score (nSPS) is 12.7. The molecule has 2 N–H and O–H groups in total. The molecule has 29 heavy (non-hydrogen) atoms. The van der Waals surface area contributed by atoms with Gasteiger partial charge in [-0.15, -0.1) is 0 Å². The highest BCUT2D eigenvalue weighted by Crippen LogP contribution is 2.21. The van der Waals surface area contributed by atoms with Crippen molar-refractivity contribution in [3.8, 4) is 5.75 Å². The molecule has 0 saturated heterocycles. The number of aromatic amines is 1. The van der Waals surface area contributed by atoms with Crippen LogP contribution in [0.2, 0.25) is 0 Å². The number of carbonyl (C=O) groups excluding carboxylic acids is 1. The largest absolute Gasteiger partial charge is 0.483 e.